The van der Waals surface area contributed by atoms with Crippen molar-refractivity contribution < 1.29 is 9.59 Å². The van der Waals surface area contributed by atoms with Gasteiger partial charge in [0.25, 0.3) is 11.8 Å². The van der Waals surface area contributed by atoms with Gasteiger partial charge in [0.05, 0.1) is 0 Å². The molecule has 3 rings (SSSR count). The fourth-order valence-electron chi connectivity index (χ4n) is 3.00. The first-order valence-electron chi connectivity index (χ1n) is 9.11. The summed E-state index contributed by atoms with van der Waals surface area (Å²) in [6.07, 6.45) is 0.848. The molecule has 9 heteroatoms. The minimum absolute atomic E-state index is 0. The fourth-order valence-corrected chi connectivity index (χ4v) is 3.00. The normalized spacial score (nSPS) is 12.8. The number of halogens is 1. The molecule has 4 N–H and O–H groups in total. The Morgan fingerprint density at radius 2 is 2.04 bits per heavy atom. The van der Waals surface area contributed by atoms with E-state index in [-0.39, 0.29) is 24.2 Å². The third-order valence-electron chi connectivity index (χ3n) is 4.51. The molecule has 2 aromatic rings. The summed E-state index contributed by atoms with van der Waals surface area (Å²) in [5, 5.41) is 16.1. The van der Waals surface area contributed by atoms with E-state index in [0.717, 1.165) is 36.3 Å². The summed E-state index contributed by atoms with van der Waals surface area (Å²) in [6, 6.07) is 7.28. The predicted octanol–water partition coefficient (Wildman–Crippen LogP) is 0.699. The van der Waals surface area contributed by atoms with Crippen LogP contribution in [-0.4, -0.2) is 60.6 Å². The number of hydrogen-bond acceptors (Lipinski definition) is 5. The summed E-state index contributed by atoms with van der Waals surface area (Å²) >= 11 is 0. The van der Waals surface area contributed by atoms with E-state index >= 15 is 0 Å². The van der Waals surface area contributed by atoms with Crippen LogP contribution in [0.5, 0.6) is 0 Å². The van der Waals surface area contributed by atoms with Crippen molar-refractivity contribution in [1.29, 1.82) is 0 Å². The van der Waals surface area contributed by atoms with Crippen LogP contribution < -0.4 is 16.0 Å². The number of aromatic nitrogens is 2. The Hall–Kier alpha value is -2.42. The average Bonchev–Trinajstić information content (AvgIpc) is 3.10. The first-order valence-corrected chi connectivity index (χ1v) is 9.11. The first-order chi connectivity index (χ1) is 13.0. The molecule has 1 aliphatic rings. The zero-order valence-corrected chi connectivity index (χ0v) is 17.0. The molecule has 1 aromatic heterocycles. The Bertz CT molecular complexity index is 821. The monoisotopic (exact) mass is 406 g/mol. The van der Waals surface area contributed by atoms with E-state index in [4.69, 9.17) is 0 Å². The van der Waals surface area contributed by atoms with Gasteiger partial charge in [-0.15, -0.1) is 12.4 Å². The minimum atomic E-state index is -0.211. The third-order valence-corrected chi connectivity index (χ3v) is 4.51. The zero-order valence-electron chi connectivity index (χ0n) is 16.2. The number of hydrogen-bond donors (Lipinski definition) is 4. The molecule has 2 amide bonds. The van der Waals surface area contributed by atoms with Crippen LogP contribution in [-0.2, 0) is 19.5 Å². The molecule has 28 heavy (non-hydrogen) atoms. The number of rotatable bonds is 7. The maximum atomic E-state index is 12.5. The molecule has 0 saturated heterocycles. The van der Waals surface area contributed by atoms with Gasteiger partial charge in [0.2, 0.25) is 0 Å². The fraction of sp³-hybridized carbons (Fsp3) is 0.421. The lowest BCUT2D eigenvalue weighted by atomic mass is 10.1. The molecule has 0 saturated carbocycles. The molecule has 0 bridgehead atoms. The lowest BCUT2D eigenvalue weighted by Gasteiger charge is -2.13. The highest BCUT2D eigenvalue weighted by Gasteiger charge is 2.21. The number of nitrogens with one attached hydrogen (secondary N) is 4. The van der Waals surface area contributed by atoms with Crippen molar-refractivity contribution in [3.8, 4) is 0 Å². The number of benzene rings is 1. The molecular formula is C19H27ClN6O2. The highest BCUT2D eigenvalue weighted by atomic mass is 35.5. The standard InChI is InChI=1S/C19H26N6O2.ClH/c1-25(2)9-8-21-18(26)14-5-3-4-13(10-14)11-22-19(27)17-15-12-20-7-6-16(15)23-24-17;/h3-5,10,20H,6-9,11-12H2,1-2H3,(H,21,26)(H,22,27)(H,23,24);1H. The zero-order chi connectivity index (χ0) is 19.2. The Morgan fingerprint density at radius 3 is 2.82 bits per heavy atom. The van der Waals surface area contributed by atoms with Crippen molar-refractivity contribution in [2.75, 3.05) is 33.7 Å². The van der Waals surface area contributed by atoms with Gasteiger partial charge in [-0.05, 0) is 31.8 Å². The van der Waals surface area contributed by atoms with E-state index in [0.29, 0.717) is 30.9 Å². The van der Waals surface area contributed by atoms with Crippen LogP contribution in [0.25, 0.3) is 0 Å². The van der Waals surface area contributed by atoms with Crippen LogP contribution >= 0.6 is 12.4 Å². The molecule has 0 aliphatic carbocycles. The predicted molar refractivity (Wildman–Crippen MR) is 110 cm³/mol. The second-order valence-electron chi connectivity index (χ2n) is 6.90. The van der Waals surface area contributed by atoms with Crippen LogP contribution in [0, 0.1) is 0 Å². The molecule has 0 unspecified atom stereocenters. The molecule has 2 heterocycles. The van der Waals surface area contributed by atoms with Crippen LogP contribution in [0.3, 0.4) is 0 Å². The third kappa shape index (κ3) is 5.54. The van der Waals surface area contributed by atoms with Crippen molar-refractivity contribution >= 4 is 24.2 Å². The first kappa shape index (κ1) is 21.9. The second kappa shape index (κ2) is 10.2. The number of H-pyrrole nitrogens is 1. The van der Waals surface area contributed by atoms with Gasteiger partial charge < -0.3 is 20.9 Å². The maximum absolute atomic E-state index is 12.5. The van der Waals surface area contributed by atoms with Crippen LogP contribution in [0.2, 0.25) is 0 Å². The number of carbonyl (C=O) groups is 2. The molecule has 1 aromatic carbocycles. The highest BCUT2D eigenvalue weighted by molar-refractivity contribution is 5.95. The highest BCUT2D eigenvalue weighted by Crippen LogP contribution is 2.15. The van der Waals surface area contributed by atoms with Gasteiger partial charge >= 0.3 is 0 Å². The van der Waals surface area contributed by atoms with Crippen LogP contribution in [0.1, 0.15) is 37.7 Å². The lowest BCUT2D eigenvalue weighted by Crippen LogP contribution is -2.31. The molecular weight excluding hydrogens is 380 g/mol. The summed E-state index contributed by atoms with van der Waals surface area (Å²) in [7, 11) is 3.92. The molecule has 152 valence electrons. The second-order valence-corrected chi connectivity index (χ2v) is 6.90. The number of amides is 2. The largest absolute Gasteiger partial charge is 0.351 e. The van der Waals surface area contributed by atoms with Gasteiger partial charge in [0.15, 0.2) is 5.69 Å². The van der Waals surface area contributed by atoms with Crippen molar-refractivity contribution in [3.63, 3.8) is 0 Å². The van der Waals surface area contributed by atoms with E-state index in [1.54, 1.807) is 12.1 Å². The lowest BCUT2D eigenvalue weighted by molar-refractivity contribution is 0.0941. The SMILES string of the molecule is CN(C)CCNC(=O)c1cccc(CNC(=O)c2n[nH]c3c2CNCC3)c1.Cl. The number of fused-ring (bicyclic) bond motifs is 1. The summed E-state index contributed by atoms with van der Waals surface area (Å²) in [4.78, 5) is 26.7. The Labute approximate surface area is 170 Å². The summed E-state index contributed by atoms with van der Waals surface area (Å²) in [6.45, 7) is 3.25. The topological polar surface area (TPSA) is 102 Å². The van der Waals surface area contributed by atoms with Gasteiger partial charge in [-0.2, -0.15) is 5.10 Å². The number of aromatic amines is 1. The van der Waals surface area contributed by atoms with Crippen molar-refractivity contribution in [2.24, 2.45) is 0 Å². The van der Waals surface area contributed by atoms with Crippen molar-refractivity contribution in [1.82, 2.24) is 31.0 Å². The Kier molecular flexibility index (Phi) is 7.98. The van der Waals surface area contributed by atoms with E-state index in [9.17, 15) is 9.59 Å². The van der Waals surface area contributed by atoms with Gasteiger partial charge in [-0.3, -0.25) is 14.7 Å². The van der Waals surface area contributed by atoms with Gasteiger partial charge in [-0.1, -0.05) is 12.1 Å². The molecule has 0 fully saturated rings. The van der Waals surface area contributed by atoms with Crippen LogP contribution in [0.4, 0.5) is 0 Å². The van der Waals surface area contributed by atoms with Gasteiger partial charge in [-0.25, -0.2) is 0 Å². The average molecular weight is 407 g/mol. The molecule has 0 atom stereocenters. The smallest absolute Gasteiger partial charge is 0.272 e. The Balaban J connectivity index is 0.00000280. The summed E-state index contributed by atoms with van der Waals surface area (Å²) in [5.41, 5.74) is 3.85. The van der Waals surface area contributed by atoms with Gasteiger partial charge in [0, 0.05) is 56.0 Å². The number of nitrogens with zero attached hydrogens (tertiary/aromatic N) is 2. The molecule has 0 radical (unpaired) electrons. The van der Waals surface area contributed by atoms with Gasteiger partial charge in [0.1, 0.15) is 0 Å². The van der Waals surface area contributed by atoms with E-state index in [1.807, 2.05) is 31.1 Å². The summed E-state index contributed by atoms with van der Waals surface area (Å²) < 4.78 is 0. The minimum Gasteiger partial charge on any atom is -0.351 e. The van der Waals surface area contributed by atoms with Crippen LogP contribution in [0.15, 0.2) is 24.3 Å². The van der Waals surface area contributed by atoms with E-state index in [2.05, 4.69) is 26.1 Å². The Morgan fingerprint density at radius 1 is 1.21 bits per heavy atom. The molecule has 1 aliphatic heterocycles. The number of carbonyl (C=O) groups excluding carboxylic acids is 2. The van der Waals surface area contributed by atoms with Crippen molar-refractivity contribution in [2.45, 2.75) is 19.5 Å². The summed E-state index contributed by atoms with van der Waals surface area (Å²) in [5.74, 6) is -0.325. The molecule has 8 nitrogen and oxygen atoms in total. The maximum Gasteiger partial charge on any atom is 0.272 e. The van der Waals surface area contributed by atoms with E-state index in [1.165, 1.54) is 0 Å². The van der Waals surface area contributed by atoms with E-state index < -0.39 is 0 Å². The quantitative estimate of drug-likeness (QED) is 0.542. The van der Waals surface area contributed by atoms with Crippen molar-refractivity contribution in [3.05, 3.63) is 52.3 Å². The number of likely N-dealkylation sites (N-methyl/N-ethyl adjacent to an activating group) is 1. The molecule has 0 spiro atoms.